The van der Waals surface area contributed by atoms with Crippen molar-refractivity contribution in [3.63, 3.8) is 0 Å². The van der Waals surface area contributed by atoms with Gasteiger partial charge in [-0.25, -0.2) is 4.79 Å². The summed E-state index contributed by atoms with van der Waals surface area (Å²) in [6, 6.07) is 1.88. The summed E-state index contributed by atoms with van der Waals surface area (Å²) in [5.41, 5.74) is 1.41. The number of nitrogens with zero attached hydrogens (tertiary/aromatic N) is 3. The van der Waals surface area contributed by atoms with E-state index in [9.17, 15) is 9.59 Å². The van der Waals surface area contributed by atoms with E-state index in [1.807, 2.05) is 33.8 Å². The lowest BCUT2D eigenvalue weighted by molar-refractivity contribution is 0.0979. The van der Waals surface area contributed by atoms with Crippen LogP contribution in [0.2, 0.25) is 0 Å². The van der Waals surface area contributed by atoms with Gasteiger partial charge in [0.05, 0.1) is 11.8 Å². The summed E-state index contributed by atoms with van der Waals surface area (Å²) in [4.78, 5) is 23.8. The molecule has 9 nitrogen and oxygen atoms in total. The van der Waals surface area contributed by atoms with E-state index in [1.165, 1.54) is 6.20 Å². The number of aromatic nitrogens is 4. The fourth-order valence-corrected chi connectivity index (χ4v) is 3.09. The molecule has 0 saturated heterocycles. The van der Waals surface area contributed by atoms with Gasteiger partial charge in [-0.3, -0.25) is 14.6 Å². The van der Waals surface area contributed by atoms with Gasteiger partial charge in [0.25, 0.3) is 5.91 Å². The van der Waals surface area contributed by atoms with Crippen LogP contribution in [0.1, 0.15) is 68.9 Å². The second kappa shape index (κ2) is 9.91. The van der Waals surface area contributed by atoms with Crippen molar-refractivity contribution in [3.8, 4) is 0 Å². The number of H-pyrrole nitrogens is 1. The van der Waals surface area contributed by atoms with E-state index >= 15 is 0 Å². The molecule has 2 atom stereocenters. The summed E-state index contributed by atoms with van der Waals surface area (Å²) in [7, 11) is 1.75. The minimum atomic E-state index is -0.375. The second-order valence-electron chi connectivity index (χ2n) is 6.90. The van der Waals surface area contributed by atoms with Crippen molar-refractivity contribution in [1.82, 2.24) is 25.3 Å². The Morgan fingerprint density at radius 1 is 1.32 bits per heavy atom. The minimum Gasteiger partial charge on any atom is -0.446 e. The molecule has 1 saturated carbocycles. The number of ether oxygens (including phenoxy) is 1. The van der Waals surface area contributed by atoms with Crippen molar-refractivity contribution in [2.75, 3.05) is 5.32 Å². The van der Waals surface area contributed by atoms with Crippen molar-refractivity contribution in [3.05, 3.63) is 29.7 Å². The number of amides is 2. The van der Waals surface area contributed by atoms with Crippen LogP contribution in [0.15, 0.2) is 18.5 Å². The first-order valence-corrected chi connectivity index (χ1v) is 9.73. The summed E-state index contributed by atoms with van der Waals surface area (Å²) in [5.74, 6) is 0.438. The topological polar surface area (TPSA) is 114 Å². The molecule has 154 valence electrons. The maximum Gasteiger partial charge on any atom is 0.407 e. The Morgan fingerprint density at radius 3 is 2.71 bits per heavy atom. The zero-order valence-electron chi connectivity index (χ0n) is 17.2. The first-order chi connectivity index (χ1) is 13.4. The summed E-state index contributed by atoms with van der Waals surface area (Å²) in [6.07, 6.45) is 5.12. The molecule has 28 heavy (non-hydrogen) atoms. The quantitative estimate of drug-likeness (QED) is 0.725. The van der Waals surface area contributed by atoms with Gasteiger partial charge in [0, 0.05) is 37.0 Å². The molecule has 2 aromatic rings. The van der Waals surface area contributed by atoms with Gasteiger partial charge in [-0.15, -0.1) is 0 Å². The van der Waals surface area contributed by atoms with Gasteiger partial charge in [0.2, 0.25) is 0 Å². The van der Waals surface area contributed by atoms with Gasteiger partial charge in [0.15, 0.2) is 5.82 Å². The van der Waals surface area contributed by atoms with Crippen LogP contribution >= 0.6 is 0 Å². The maximum atomic E-state index is 12.1. The summed E-state index contributed by atoms with van der Waals surface area (Å²) in [5, 5.41) is 16.6. The van der Waals surface area contributed by atoms with Gasteiger partial charge < -0.3 is 15.4 Å². The molecule has 9 heteroatoms. The average Bonchev–Trinajstić information content (AvgIpc) is 3.37. The molecule has 1 fully saturated rings. The van der Waals surface area contributed by atoms with Crippen LogP contribution in [0, 0.1) is 0 Å². The van der Waals surface area contributed by atoms with Crippen molar-refractivity contribution >= 4 is 17.8 Å². The molecule has 3 N–H and O–H groups in total. The van der Waals surface area contributed by atoms with Crippen LogP contribution in [-0.2, 0) is 11.8 Å². The van der Waals surface area contributed by atoms with Gasteiger partial charge in [0.1, 0.15) is 6.10 Å². The van der Waals surface area contributed by atoms with Gasteiger partial charge in [-0.2, -0.15) is 10.2 Å². The Bertz CT molecular complexity index is 782. The largest absolute Gasteiger partial charge is 0.446 e. The highest BCUT2D eigenvalue weighted by atomic mass is 16.6. The molecule has 0 radical (unpaired) electrons. The zero-order valence-corrected chi connectivity index (χ0v) is 17.2. The molecular formula is C19H30N6O3. The number of rotatable bonds is 5. The predicted molar refractivity (Wildman–Crippen MR) is 106 cm³/mol. The SMILES string of the molecule is CC.CC(C)NC(=O)OC1CCC(c2cc(NC(=O)c3cnn(C)c3)n[nH]2)C1. The number of hydrogen-bond donors (Lipinski definition) is 3. The molecule has 2 aromatic heterocycles. The Labute approximate surface area is 165 Å². The first kappa shape index (κ1) is 21.5. The second-order valence-corrected chi connectivity index (χ2v) is 6.90. The number of alkyl carbamates (subject to hydrolysis) is 1. The molecule has 2 unspecified atom stereocenters. The van der Waals surface area contributed by atoms with Crippen molar-refractivity contribution in [1.29, 1.82) is 0 Å². The van der Waals surface area contributed by atoms with E-state index in [2.05, 4.69) is 25.9 Å². The molecule has 2 heterocycles. The highest BCUT2D eigenvalue weighted by molar-refractivity contribution is 6.03. The normalized spacial score (nSPS) is 18.4. The first-order valence-electron chi connectivity index (χ1n) is 9.73. The van der Waals surface area contributed by atoms with Crippen molar-refractivity contribution in [2.45, 2.75) is 65.0 Å². The van der Waals surface area contributed by atoms with Gasteiger partial charge in [-0.05, 0) is 33.1 Å². The Kier molecular flexibility index (Phi) is 7.60. The van der Waals surface area contributed by atoms with Gasteiger partial charge in [-0.1, -0.05) is 13.8 Å². The highest BCUT2D eigenvalue weighted by Crippen LogP contribution is 2.35. The molecule has 2 amide bonds. The third-order valence-electron chi connectivity index (χ3n) is 4.31. The molecule has 0 aromatic carbocycles. The van der Waals surface area contributed by atoms with Crippen LogP contribution < -0.4 is 10.6 Å². The molecule has 0 aliphatic heterocycles. The molecule has 0 bridgehead atoms. The molecule has 0 spiro atoms. The van der Waals surface area contributed by atoms with E-state index in [0.29, 0.717) is 11.4 Å². The smallest absolute Gasteiger partial charge is 0.407 e. The third-order valence-corrected chi connectivity index (χ3v) is 4.31. The molecule has 1 aliphatic carbocycles. The van der Waals surface area contributed by atoms with Crippen molar-refractivity contribution < 1.29 is 14.3 Å². The van der Waals surface area contributed by atoms with E-state index in [1.54, 1.807) is 17.9 Å². The summed E-state index contributed by atoms with van der Waals surface area (Å²) in [6.45, 7) is 7.79. The fourth-order valence-electron chi connectivity index (χ4n) is 3.09. The monoisotopic (exact) mass is 390 g/mol. The molecular weight excluding hydrogens is 360 g/mol. The molecule has 3 rings (SSSR count). The summed E-state index contributed by atoms with van der Waals surface area (Å²) >= 11 is 0. The number of carbonyl (C=O) groups excluding carboxylic acids is 2. The lowest BCUT2D eigenvalue weighted by atomic mass is 10.0. The number of aryl methyl sites for hydroxylation is 1. The van der Waals surface area contributed by atoms with E-state index in [0.717, 1.165) is 25.0 Å². The standard InChI is InChI=1S/C17H24N6O3.C2H6/c1-10(2)19-17(25)26-13-5-4-11(6-13)14-7-15(22-21-14)20-16(24)12-8-18-23(3)9-12;1-2/h7-11,13H,4-6H2,1-3H3,(H,19,25)(H2,20,21,22,24);1-2H3. The van der Waals surface area contributed by atoms with E-state index < -0.39 is 0 Å². The van der Waals surface area contributed by atoms with Gasteiger partial charge >= 0.3 is 6.09 Å². The number of aromatic amines is 1. The van der Waals surface area contributed by atoms with Crippen LogP contribution in [0.4, 0.5) is 10.6 Å². The number of hydrogen-bond acceptors (Lipinski definition) is 5. The predicted octanol–water partition coefficient (Wildman–Crippen LogP) is 3.19. The zero-order chi connectivity index (χ0) is 20.7. The van der Waals surface area contributed by atoms with Crippen molar-refractivity contribution in [2.24, 2.45) is 7.05 Å². The Hall–Kier alpha value is -2.84. The van der Waals surface area contributed by atoms with E-state index in [-0.39, 0.29) is 30.1 Å². The highest BCUT2D eigenvalue weighted by Gasteiger charge is 2.30. The van der Waals surface area contributed by atoms with Crippen LogP contribution in [0.5, 0.6) is 0 Å². The van der Waals surface area contributed by atoms with Crippen LogP contribution in [-0.4, -0.2) is 44.1 Å². The Morgan fingerprint density at radius 2 is 2.07 bits per heavy atom. The van der Waals surface area contributed by atoms with E-state index in [4.69, 9.17) is 4.74 Å². The average molecular weight is 390 g/mol. The van der Waals surface area contributed by atoms with Crippen LogP contribution in [0.25, 0.3) is 0 Å². The Balaban J connectivity index is 0.00000136. The van der Waals surface area contributed by atoms with Crippen LogP contribution in [0.3, 0.4) is 0 Å². The number of nitrogens with one attached hydrogen (secondary N) is 3. The lowest BCUT2D eigenvalue weighted by Crippen LogP contribution is -2.33. The molecule has 1 aliphatic rings. The number of anilines is 1. The fraction of sp³-hybridized carbons (Fsp3) is 0.579. The number of carbonyl (C=O) groups is 2. The lowest BCUT2D eigenvalue weighted by Gasteiger charge is -2.14. The summed E-state index contributed by atoms with van der Waals surface area (Å²) < 4.78 is 7.01. The third kappa shape index (κ3) is 5.83. The maximum absolute atomic E-state index is 12.1. The minimum absolute atomic E-state index is 0.0540.